The zero-order valence-corrected chi connectivity index (χ0v) is 16.8. The van der Waals surface area contributed by atoms with Crippen molar-refractivity contribution in [2.24, 2.45) is 12.5 Å². The molecule has 12 heterocycles. The van der Waals surface area contributed by atoms with Crippen molar-refractivity contribution in [1.29, 1.82) is 0 Å². The zero-order valence-electron chi connectivity index (χ0n) is 16.8. The number of nitrogens with one attached hydrogen (secondary N) is 1. The Morgan fingerprint density at radius 1 is 1.14 bits per heavy atom. The molecule has 3 aromatic rings. The maximum absolute atomic E-state index is 13.4. The van der Waals surface area contributed by atoms with E-state index < -0.39 is 0 Å². The number of rotatable bonds is 0. The van der Waals surface area contributed by atoms with E-state index in [1.807, 2.05) is 25.5 Å². The summed E-state index contributed by atoms with van der Waals surface area (Å²) in [7, 11) is 1.83. The first-order valence-corrected chi connectivity index (χ1v) is 10.4. The molecule has 8 bridgehead atoms. The molecule has 13 rings (SSSR count). The molecule has 7 nitrogen and oxygen atoms in total. The first-order chi connectivity index (χ1) is 14.1. The Hall–Kier alpha value is -2.96. The molecule has 0 radical (unpaired) electrons. The summed E-state index contributed by atoms with van der Waals surface area (Å²) in [6, 6.07) is 4.09. The third-order valence-electron chi connectivity index (χ3n) is 7.56. The van der Waals surface area contributed by atoms with Gasteiger partial charge in [-0.25, -0.2) is 9.97 Å². The first kappa shape index (κ1) is 16.9. The van der Waals surface area contributed by atoms with Crippen molar-refractivity contribution < 1.29 is 0 Å². The Morgan fingerprint density at radius 2 is 1.97 bits per heavy atom. The van der Waals surface area contributed by atoms with Crippen LogP contribution >= 0.6 is 0 Å². The maximum atomic E-state index is 13.4. The first-order valence-electron chi connectivity index (χ1n) is 10.4. The van der Waals surface area contributed by atoms with Gasteiger partial charge >= 0.3 is 0 Å². The van der Waals surface area contributed by atoms with Gasteiger partial charge in [-0.05, 0) is 61.6 Å². The van der Waals surface area contributed by atoms with Crippen LogP contribution < -0.4 is 15.8 Å². The molecule has 9 aliphatic heterocycles. The minimum atomic E-state index is 0.0970. The molecule has 1 unspecified atom stereocenters. The molecule has 1 spiro atoms. The molecule has 0 aromatic carbocycles. The Morgan fingerprint density at radius 3 is 2.66 bits per heavy atom. The molecular formula is C22H24N6O. The highest BCUT2D eigenvalue weighted by atomic mass is 16.1. The van der Waals surface area contributed by atoms with Crippen LogP contribution in [0.15, 0.2) is 29.3 Å². The van der Waals surface area contributed by atoms with Crippen LogP contribution in [0, 0.1) is 12.3 Å². The van der Waals surface area contributed by atoms with Gasteiger partial charge in [-0.2, -0.15) is 4.98 Å². The van der Waals surface area contributed by atoms with Crippen molar-refractivity contribution in [2.75, 3.05) is 23.3 Å². The van der Waals surface area contributed by atoms with Crippen molar-refractivity contribution in [3.05, 3.63) is 46.0 Å². The fourth-order valence-corrected chi connectivity index (χ4v) is 5.66. The molecule has 3 aromatic heterocycles. The molecule has 1 saturated carbocycles. The van der Waals surface area contributed by atoms with Crippen molar-refractivity contribution in [3.8, 4) is 0 Å². The van der Waals surface area contributed by atoms with E-state index in [1.165, 1.54) is 6.42 Å². The number of hydrogen-bond donors (Lipinski definition) is 1. The van der Waals surface area contributed by atoms with E-state index in [2.05, 4.69) is 38.2 Å². The van der Waals surface area contributed by atoms with Crippen LogP contribution in [-0.2, 0) is 7.05 Å². The van der Waals surface area contributed by atoms with Crippen LogP contribution in [0.3, 0.4) is 0 Å². The van der Waals surface area contributed by atoms with Gasteiger partial charge in [0.2, 0.25) is 5.95 Å². The molecule has 1 atom stereocenters. The van der Waals surface area contributed by atoms with Gasteiger partial charge in [-0.15, -0.1) is 0 Å². The van der Waals surface area contributed by atoms with E-state index in [0.29, 0.717) is 23.3 Å². The SMILES string of the molecule is Cc1c2c(=O)n(C)c3nc(ncc13)Nc1ccc(cn1)N1CCC3(CCC23)CC1. The molecule has 29 heavy (non-hydrogen) atoms. The average Bonchev–Trinajstić information content (AvgIpc) is 2.74. The minimum Gasteiger partial charge on any atom is -0.370 e. The molecule has 148 valence electrons. The van der Waals surface area contributed by atoms with E-state index in [0.717, 1.165) is 54.6 Å². The second kappa shape index (κ2) is 5.78. The number of anilines is 3. The van der Waals surface area contributed by atoms with Crippen LogP contribution in [0.5, 0.6) is 0 Å². The molecule has 1 aliphatic carbocycles. The smallest absolute Gasteiger partial charge is 0.255 e. The van der Waals surface area contributed by atoms with Crippen LogP contribution in [-0.4, -0.2) is 32.6 Å². The lowest BCUT2D eigenvalue weighted by Gasteiger charge is -2.54. The monoisotopic (exact) mass is 388 g/mol. The van der Waals surface area contributed by atoms with Crippen molar-refractivity contribution >= 4 is 28.5 Å². The fourth-order valence-electron chi connectivity index (χ4n) is 5.66. The lowest BCUT2D eigenvalue weighted by molar-refractivity contribution is 0.0556. The van der Waals surface area contributed by atoms with Crippen LogP contribution in [0.1, 0.15) is 42.7 Å². The summed E-state index contributed by atoms with van der Waals surface area (Å²) in [5, 5.41) is 4.14. The number of aryl methyl sites for hydroxylation is 2. The standard InChI is InChI=1S/C22H24N6O/c1-13-15-12-24-21-25-17-4-3-14(11-23-17)28-9-7-22(8-10-28)6-5-16(22)18(13)20(29)27(2)19(15)26-21/h3-4,11-12,16H,5-10H2,1-2H3,(H,23,24,25,26). The van der Waals surface area contributed by atoms with E-state index >= 15 is 0 Å². The summed E-state index contributed by atoms with van der Waals surface area (Å²) in [5.74, 6) is 1.49. The summed E-state index contributed by atoms with van der Waals surface area (Å²) < 4.78 is 1.70. The van der Waals surface area contributed by atoms with Gasteiger partial charge < -0.3 is 10.2 Å². The number of nitrogens with zero attached hydrogens (tertiary/aromatic N) is 5. The normalized spacial score (nSPS) is 24.9. The number of hydrogen-bond acceptors (Lipinski definition) is 6. The predicted octanol–water partition coefficient (Wildman–Crippen LogP) is 3.25. The largest absolute Gasteiger partial charge is 0.370 e. The van der Waals surface area contributed by atoms with Gasteiger partial charge in [-0.3, -0.25) is 9.36 Å². The van der Waals surface area contributed by atoms with Crippen molar-refractivity contribution in [1.82, 2.24) is 19.5 Å². The minimum absolute atomic E-state index is 0.0970. The van der Waals surface area contributed by atoms with E-state index in [-0.39, 0.29) is 11.0 Å². The third kappa shape index (κ3) is 2.30. The molecule has 2 fully saturated rings. The van der Waals surface area contributed by atoms with Gasteiger partial charge in [0.1, 0.15) is 11.5 Å². The van der Waals surface area contributed by atoms with Crippen LogP contribution in [0.25, 0.3) is 11.0 Å². The molecular weight excluding hydrogens is 364 g/mol. The van der Waals surface area contributed by atoms with Gasteiger partial charge in [-0.1, -0.05) is 0 Å². The second-order valence-electron chi connectivity index (χ2n) is 8.80. The second-order valence-corrected chi connectivity index (χ2v) is 8.80. The highest BCUT2D eigenvalue weighted by molar-refractivity contribution is 5.81. The Labute approximate surface area is 168 Å². The van der Waals surface area contributed by atoms with E-state index in [1.54, 1.807) is 4.57 Å². The highest BCUT2D eigenvalue weighted by Crippen LogP contribution is 2.59. The topological polar surface area (TPSA) is 75.9 Å². The van der Waals surface area contributed by atoms with Gasteiger partial charge in [0.05, 0.1) is 11.9 Å². The van der Waals surface area contributed by atoms with Gasteiger partial charge in [0, 0.05) is 37.3 Å². The fraction of sp³-hybridized carbons (Fsp3) is 0.455. The molecule has 0 amide bonds. The van der Waals surface area contributed by atoms with E-state index in [4.69, 9.17) is 0 Å². The third-order valence-corrected chi connectivity index (χ3v) is 7.56. The molecule has 10 aliphatic rings. The summed E-state index contributed by atoms with van der Waals surface area (Å²) in [6.45, 7) is 4.10. The zero-order chi connectivity index (χ0) is 19.8. The summed E-state index contributed by atoms with van der Waals surface area (Å²) in [6.07, 6.45) is 8.32. The van der Waals surface area contributed by atoms with E-state index in [9.17, 15) is 4.79 Å². The quantitative estimate of drug-likeness (QED) is 0.637. The highest BCUT2D eigenvalue weighted by Gasteiger charge is 2.50. The Balaban J connectivity index is 1.62. The van der Waals surface area contributed by atoms with Crippen LogP contribution in [0.2, 0.25) is 0 Å². The van der Waals surface area contributed by atoms with Crippen LogP contribution in [0.4, 0.5) is 17.5 Å². The summed E-state index contributed by atoms with van der Waals surface area (Å²) >= 11 is 0. The number of aromatic nitrogens is 4. The van der Waals surface area contributed by atoms with Crippen molar-refractivity contribution in [3.63, 3.8) is 0 Å². The number of pyridine rings is 2. The molecule has 7 heteroatoms. The number of piperidine rings is 1. The average molecular weight is 388 g/mol. The lowest BCUT2D eigenvalue weighted by Crippen LogP contribution is -2.50. The Bertz CT molecular complexity index is 1190. The Kier molecular flexibility index (Phi) is 3.38. The summed E-state index contributed by atoms with van der Waals surface area (Å²) in [5.41, 5.74) is 4.20. The van der Waals surface area contributed by atoms with Crippen molar-refractivity contribution in [2.45, 2.75) is 38.5 Å². The predicted molar refractivity (Wildman–Crippen MR) is 113 cm³/mol. The summed E-state index contributed by atoms with van der Waals surface area (Å²) in [4.78, 5) is 29.6. The maximum Gasteiger partial charge on any atom is 0.255 e. The molecule has 1 saturated heterocycles. The van der Waals surface area contributed by atoms with Gasteiger partial charge in [0.25, 0.3) is 5.56 Å². The lowest BCUT2D eigenvalue weighted by atomic mass is 9.53. The van der Waals surface area contributed by atoms with Gasteiger partial charge in [0.15, 0.2) is 0 Å². The molecule has 1 N–H and O–H groups in total.